The summed E-state index contributed by atoms with van der Waals surface area (Å²) in [6.07, 6.45) is 2.30. The lowest BCUT2D eigenvalue weighted by Crippen LogP contribution is -2.41. The van der Waals surface area contributed by atoms with Crippen LogP contribution in [0.15, 0.2) is 15.9 Å². The normalized spacial score (nSPS) is 14.2. The van der Waals surface area contributed by atoms with Crippen molar-refractivity contribution in [2.24, 2.45) is 5.41 Å². The summed E-state index contributed by atoms with van der Waals surface area (Å²) in [7, 11) is 2.06. The van der Waals surface area contributed by atoms with Crippen molar-refractivity contribution in [2.75, 3.05) is 7.05 Å². The molecule has 0 saturated carbocycles. The topological polar surface area (TPSA) is 12.0 Å². The van der Waals surface area contributed by atoms with Gasteiger partial charge in [0.05, 0.1) is 0 Å². The molecule has 1 unspecified atom stereocenters. The van der Waals surface area contributed by atoms with Gasteiger partial charge in [0, 0.05) is 15.4 Å². The summed E-state index contributed by atoms with van der Waals surface area (Å²) < 4.78 is 1.25. The Morgan fingerprint density at radius 3 is 2.60 bits per heavy atom. The Hall–Kier alpha value is 0.140. The molecule has 1 nitrogen and oxygen atoms in total. The van der Waals surface area contributed by atoms with E-state index in [0.29, 0.717) is 11.5 Å². The van der Waals surface area contributed by atoms with Crippen LogP contribution in [0, 0.1) is 5.41 Å². The van der Waals surface area contributed by atoms with Gasteiger partial charge in [-0.1, -0.05) is 20.8 Å². The van der Waals surface area contributed by atoms with Crippen LogP contribution in [0.25, 0.3) is 0 Å². The van der Waals surface area contributed by atoms with E-state index in [1.165, 1.54) is 15.8 Å². The first-order chi connectivity index (χ1) is 7.01. The largest absolute Gasteiger partial charge is 0.316 e. The van der Waals surface area contributed by atoms with Gasteiger partial charge in [0.25, 0.3) is 0 Å². The molecule has 0 aliphatic rings. The maximum atomic E-state index is 3.60. The number of hydrogen-bond donors (Lipinski definition) is 1. The second-order valence-corrected chi connectivity index (χ2v) is 6.43. The van der Waals surface area contributed by atoms with Gasteiger partial charge in [-0.05, 0) is 52.7 Å². The van der Waals surface area contributed by atoms with Crippen molar-refractivity contribution in [2.45, 2.75) is 39.7 Å². The van der Waals surface area contributed by atoms with Crippen LogP contribution in [0.4, 0.5) is 0 Å². The van der Waals surface area contributed by atoms with Crippen molar-refractivity contribution in [1.29, 1.82) is 0 Å². The van der Waals surface area contributed by atoms with Gasteiger partial charge in [0.15, 0.2) is 0 Å². The van der Waals surface area contributed by atoms with Crippen molar-refractivity contribution in [1.82, 2.24) is 5.32 Å². The highest BCUT2D eigenvalue weighted by Gasteiger charge is 2.27. The quantitative estimate of drug-likeness (QED) is 0.861. The average Bonchev–Trinajstić information content (AvgIpc) is 2.60. The Labute approximate surface area is 105 Å². The molecular weight excluding hydrogens is 270 g/mol. The lowest BCUT2D eigenvalue weighted by atomic mass is 9.80. The van der Waals surface area contributed by atoms with E-state index in [1.54, 1.807) is 0 Å². The third-order valence-electron chi connectivity index (χ3n) is 3.28. The van der Waals surface area contributed by atoms with Crippen LogP contribution < -0.4 is 5.32 Å². The molecule has 15 heavy (non-hydrogen) atoms. The SMILES string of the molecule is CCC(C)(C)C(Cc1sccc1Br)NC. The predicted molar refractivity (Wildman–Crippen MR) is 72.6 cm³/mol. The van der Waals surface area contributed by atoms with Crippen LogP contribution >= 0.6 is 27.3 Å². The summed E-state index contributed by atoms with van der Waals surface area (Å²) in [5.74, 6) is 0. The molecule has 1 aromatic rings. The van der Waals surface area contributed by atoms with Crippen LogP contribution in [0.1, 0.15) is 32.1 Å². The Morgan fingerprint density at radius 2 is 2.20 bits per heavy atom. The third kappa shape index (κ3) is 3.30. The lowest BCUT2D eigenvalue weighted by molar-refractivity contribution is 0.241. The fourth-order valence-electron chi connectivity index (χ4n) is 1.67. The molecule has 86 valence electrons. The number of thiophene rings is 1. The molecule has 0 aliphatic heterocycles. The number of hydrogen-bond acceptors (Lipinski definition) is 2. The maximum Gasteiger partial charge on any atom is 0.0314 e. The molecule has 0 amide bonds. The van der Waals surface area contributed by atoms with E-state index < -0.39 is 0 Å². The minimum absolute atomic E-state index is 0.345. The molecule has 1 N–H and O–H groups in total. The van der Waals surface area contributed by atoms with Crippen molar-refractivity contribution in [3.05, 3.63) is 20.8 Å². The summed E-state index contributed by atoms with van der Waals surface area (Å²) in [5, 5.41) is 5.59. The fourth-order valence-corrected chi connectivity index (χ4v) is 3.23. The van der Waals surface area contributed by atoms with Gasteiger partial charge in [-0.3, -0.25) is 0 Å². The fraction of sp³-hybridized carbons (Fsp3) is 0.667. The van der Waals surface area contributed by atoms with Gasteiger partial charge in [0.1, 0.15) is 0 Å². The van der Waals surface area contributed by atoms with Crippen LogP contribution in [-0.4, -0.2) is 13.1 Å². The van der Waals surface area contributed by atoms with Crippen molar-refractivity contribution < 1.29 is 0 Å². The lowest BCUT2D eigenvalue weighted by Gasteiger charge is -2.33. The first kappa shape index (κ1) is 13.2. The van der Waals surface area contributed by atoms with Crippen molar-refractivity contribution >= 4 is 27.3 Å². The molecule has 0 bridgehead atoms. The molecule has 1 aromatic heterocycles. The molecule has 0 radical (unpaired) electrons. The third-order valence-corrected chi connectivity index (χ3v) is 5.23. The van der Waals surface area contributed by atoms with Crippen LogP contribution in [0.5, 0.6) is 0 Å². The number of likely N-dealkylation sites (N-methyl/N-ethyl adjacent to an activating group) is 1. The van der Waals surface area contributed by atoms with E-state index in [-0.39, 0.29) is 0 Å². The van der Waals surface area contributed by atoms with E-state index in [4.69, 9.17) is 0 Å². The molecule has 0 aliphatic carbocycles. The van der Waals surface area contributed by atoms with Crippen LogP contribution in [-0.2, 0) is 6.42 Å². The van der Waals surface area contributed by atoms with Gasteiger partial charge < -0.3 is 5.32 Å². The van der Waals surface area contributed by atoms with Crippen LogP contribution in [0.3, 0.4) is 0 Å². The Kier molecular flexibility index (Phi) is 4.81. The van der Waals surface area contributed by atoms with Gasteiger partial charge >= 0.3 is 0 Å². The monoisotopic (exact) mass is 289 g/mol. The van der Waals surface area contributed by atoms with E-state index in [1.807, 2.05) is 11.3 Å². The van der Waals surface area contributed by atoms with E-state index in [2.05, 4.69) is 60.5 Å². The minimum Gasteiger partial charge on any atom is -0.316 e. The van der Waals surface area contributed by atoms with Gasteiger partial charge in [-0.25, -0.2) is 0 Å². The molecule has 0 fully saturated rings. The highest BCUT2D eigenvalue weighted by molar-refractivity contribution is 9.10. The number of rotatable bonds is 5. The molecule has 1 atom stereocenters. The van der Waals surface area contributed by atoms with Gasteiger partial charge in [0.2, 0.25) is 0 Å². The molecule has 0 spiro atoms. The van der Waals surface area contributed by atoms with Crippen LogP contribution in [0.2, 0.25) is 0 Å². The average molecular weight is 290 g/mol. The first-order valence-corrected chi connectivity index (χ1v) is 7.07. The molecule has 1 heterocycles. The highest BCUT2D eigenvalue weighted by Crippen LogP contribution is 2.31. The van der Waals surface area contributed by atoms with Crippen molar-refractivity contribution in [3.8, 4) is 0 Å². The Morgan fingerprint density at radius 1 is 1.53 bits per heavy atom. The molecule has 3 heteroatoms. The predicted octanol–water partition coefficient (Wildman–Crippen LogP) is 4.08. The zero-order chi connectivity index (χ0) is 11.5. The zero-order valence-corrected chi connectivity index (χ0v) is 12.3. The number of nitrogens with one attached hydrogen (secondary N) is 1. The Bertz CT molecular complexity index is 306. The highest BCUT2D eigenvalue weighted by atomic mass is 79.9. The number of halogens is 1. The summed E-state index contributed by atoms with van der Waals surface area (Å²) in [5.41, 5.74) is 0.345. The van der Waals surface area contributed by atoms with Gasteiger partial charge in [-0.2, -0.15) is 0 Å². The van der Waals surface area contributed by atoms with E-state index in [9.17, 15) is 0 Å². The summed E-state index contributed by atoms with van der Waals surface area (Å²) >= 11 is 5.43. The zero-order valence-electron chi connectivity index (χ0n) is 9.93. The molecule has 0 saturated heterocycles. The first-order valence-electron chi connectivity index (χ1n) is 5.40. The maximum absolute atomic E-state index is 3.60. The smallest absolute Gasteiger partial charge is 0.0314 e. The second kappa shape index (κ2) is 5.46. The molecule has 1 rings (SSSR count). The summed E-state index contributed by atoms with van der Waals surface area (Å²) in [6, 6.07) is 2.67. The molecular formula is C12H20BrNS. The minimum atomic E-state index is 0.345. The summed E-state index contributed by atoms with van der Waals surface area (Å²) in [4.78, 5) is 1.44. The second-order valence-electron chi connectivity index (χ2n) is 4.58. The van der Waals surface area contributed by atoms with E-state index >= 15 is 0 Å². The standard InChI is InChI=1S/C12H20BrNS/c1-5-12(2,3)11(14-4)8-10-9(13)6-7-15-10/h6-7,11,14H,5,8H2,1-4H3. The molecule has 0 aromatic carbocycles. The van der Waals surface area contributed by atoms with E-state index in [0.717, 1.165) is 6.42 Å². The Balaban J connectivity index is 2.74. The van der Waals surface area contributed by atoms with Crippen molar-refractivity contribution in [3.63, 3.8) is 0 Å². The summed E-state index contributed by atoms with van der Waals surface area (Å²) in [6.45, 7) is 6.92. The van der Waals surface area contributed by atoms with Gasteiger partial charge in [-0.15, -0.1) is 11.3 Å².